The standard InChI is InChI=1S/C32H50N6O12S/c1-31(2,18-32(3,4)16-26(41)42)15-25(40)37-23(17-51(48,49)50)29(45)38-22(30(46)47)12-13-24(39)36-21(27(34)43)7-5-6-14-35-28(44)19-8-10-20(33)11-9-19/h8-11,21-23H,5-7,12-18,33H2,1-4H3,(H2,34,43)(H,35,44)(H,36,39)(H,37,40)(H,38,45)(H,41,42)(H,46,47)(H,48,49,50). The Hall–Kier alpha value is -4.78. The maximum atomic E-state index is 13.0. The molecular weight excluding hydrogens is 692 g/mol. The maximum absolute atomic E-state index is 13.0. The van der Waals surface area contributed by atoms with E-state index in [4.69, 9.17) is 16.6 Å². The predicted octanol–water partition coefficient (Wildman–Crippen LogP) is 0.169. The van der Waals surface area contributed by atoms with Crippen LogP contribution in [0.4, 0.5) is 5.69 Å². The number of rotatable bonds is 23. The number of hydrogen-bond donors (Lipinski definition) is 9. The molecule has 286 valence electrons. The highest BCUT2D eigenvalue weighted by molar-refractivity contribution is 7.85. The molecule has 0 aromatic heterocycles. The first kappa shape index (κ1) is 44.2. The number of carboxylic acid groups (broad SMARTS) is 2. The smallest absolute Gasteiger partial charge is 0.326 e. The predicted molar refractivity (Wildman–Crippen MR) is 184 cm³/mol. The fourth-order valence-corrected chi connectivity index (χ4v) is 6.33. The molecule has 11 N–H and O–H groups in total. The van der Waals surface area contributed by atoms with Gasteiger partial charge >= 0.3 is 11.9 Å². The summed E-state index contributed by atoms with van der Waals surface area (Å²) in [6.45, 7) is 7.01. The van der Waals surface area contributed by atoms with Crippen molar-refractivity contribution in [3.8, 4) is 0 Å². The second-order valence-electron chi connectivity index (χ2n) is 14.0. The SMILES string of the molecule is CC(C)(CC(=O)O)CC(C)(C)CC(=O)NC(CS(=O)(=O)O)C(=O)NC(CCC(=O)NC(CCCCNC(=O)c1ccc(N)cc1)C(N)=O)C(=O)O. The van der Waals surface area contributed by atoms with Crippen molar-refractivity contribution in [2.75, 3.05) is 18.0 Å². The first-order valence-corrected chi connectivity index (χ1v) is 17.7. The van der Waals surface area contributed by atoms with E-state index in [9.17, 15) is 51.6 Å². The monoisotopic (exact) mass is 742 g/mol. The molecule has 0 bridgehead atoms. The van der Waals surface area contributed by atoms with Gasteiger partial charge in [-0.25, -0.2) is 4.79 Å². The summed E-state index contributed by atoms with van der Waals surface area (Å²) in [4.78, 5) is 85.7. The molecule has 1 aromatic carbocycles. The van der Waals surface area contributed by atoms with Gasteiger partial charge in [0.25, 0.3) is 16.0 Å². The van der Waals surface area contributed by atoms with E-state index in [0.29, 0.717) is 24.1 Å². The van der Waals surface area contributed by atoms with Crippen LogP contribution in [0.1, 0.15) is 89.4 Å². The van der Waals surface area contributed by atoms with Gasteiger partial charge in [0.05, 0.1) is 6.42 Å². The van der Waals surface area contributed by atoms with E-state index >= 15 is 0 Å². The Labute approximate surface area is 296 Å². The molecule has 0 aliphatic carbocycles. The Morgan fingerprint density at radius 1 is 0.784 bits per heavy atom. The number of carboxylic acids is 2. The lowest BCUT2D eigenvalue weighted by molar-refractivity contribution is -0.142. The Kier molecular flexibility index (Phi) is 17.0. The Morgan fingerprint density at radius 3 is 1.88 bits per heavy atom. The summed E-state index contributed by atoms with van der Waals surface area (Å²) in [6, 6.07) is 1.53. The molecule has 0 saturated carbocycles. The topological polar surface area (TPSA) is 314 Å². The van der Waals surface area contributed by atoms with Crippen molar-refractivity contribution in [3.63, 3.8) is 0 Å². The highest BCUT2D eigenvalue weighted by atomic mass is 32.2. The van der Waals surface area contributed by atoms with Gasteiger partial charge in [-0.05, 0) is 67.2 Å². The van der Waals surface area contributed by atoms with E-state index in [1.165, 1.54) is 0 Å². The van der Waals surface area contributed by atoms with E-state index in [2.05, 4.69) is 21.3 Å². The second-order valence-corrected chi connectivity index (χ2v) is 15.5. The fourth-order valence-electron chi connectivity index (χ4n) is 5.67. The van der Waals surface area contributed by atoms with Crippen molar-refractivity contribution in [2.24, 2.45) is 16.6 Å². The van der Waals surface area contributed by atoms with Gasteiger partial charge in [0.2, 0.25) is 23.6 Å². The van der Waals surface area contributed by atoms with Gasteiger partial charge in [-0.15, -0.1) is 0 Å². The zero-order valence-corrected chi connectivity index (χ0v) is 30.0. The molecule has 0 heterocycles. The van der Waals surface area contributed by atoms with Crippen molar-refractivity contribution < 1.29 is 56.7 Å². The number of carbonyl (C=O) groups excluding carboxylic acids is 5. The first-order valence-electron chi connectivity index (χ1n) is 16.1. The molecule has 51 heavy (non-hydrogen) atoms. The number of unbranched alkanes of at least 4 members (excludes halogenated alkanes) is 1. The molecule has 0 spiro atoms. The average molecular weight is 743 g/mol. The van der Waals surface area contributed by atoms with E-state index < -0.39 is 93.2 Å². The number of nitrogen functional groups attached to an aromatic ring is 1. The minimum absolute atomic E-state index is 0.114. The number of nitrogens with two attached hydrogens (primary N) is 2. The zero-order chi connectivity index (χ0) is 39.2. The van der Waals surface area contributed by atoms with Gasteiger partial charge in [-0.1, -0.05) is 27.7 Å². The average Bonchev–Trinajstić information content (AvgIpc) is 2.95. The second kappa shape index (κ2) is 19.6. The van der Waals surface area contributed by atoms with Crippen LogP contribution in [-0.4, -0.2) is 95.1 Å². The Morgan fingerprint density at radius 2 is 1.35 bits per heavy atom. The van der Waals surface area contributed by atoms with Crippen LogP contribution < -0.4 is 32.7 Å². The number of hydrogen-bond acceptors (Lipinski definition) is 10. The van der Waals surface area contributed by atoms with Crippen LogP contribution >= 0.6 is 0 Å². The third kappa shape index (κ3) is 18.7. The quantitative estimate of drug-likeness (QED) is 0.0411. The van der Waals surface area contributed by atoms with E-state index in [0.717, 1.165) is 0 Å². The van der Waals surface area contributed by atoms with Crippen molar-refractivity contribution in [1.29, 1.82) is 0 Å². The molecule has 0 saturated heterocycles. The third-order valence-corrected chi connectivity index (χ3v) is 8.34. The number of carbonyl (C=O) groups is 7. The van der Waals surface area contributed by atoms with Gasteiger partial charge in [0, 0.05) is 30.6 Å². The summed E-state index contributed by atoms with van der Waals surface area (Å²) >= 11 is 0. The molecular formula is C32H50N6O12S. The van der Waals surface area contributed by atoms with Crippen molar-refractivity contribution >= 4 is 57.3 Å². The van der Waals surface area contributed by atoms with Crippen LogP contribution in [0.2, 0.25) is 0 Å². The Balaban J connectivity index is 2.76. The fraction of sp³-hybridized carbons (Fsp3) is 0.594. The maximum Gasteiger partial charge on any atom is 0.326 e. The summed E-state index contributed by atoms with van der Waals surface area (Å²) in [6.07, 6.45) is -0.274. The van der Waals surface area contributed by atoms with Crippen LogP contribution in [0.3, 0.4) is 0 Å². The summed E-state index contributed by atoms with van der Waals surface area (Å²) in [5.41, 5.74) is 10.4. The van der Waals surface area contributed by atoms with Crippen LogP contribution in [-0.2, 0) is 38.9 Å². The van der Waals surface area contributed by atoms with Crippen LogP contribution in [0.15, 0.2) is 24.3 Å². The molecule has 3 unspecified atom stereocenters. The van der Waals surface area contributed by atoms with E-state index in [1.54, 1.807) is 52.0 Å². The zero-order valence-electron chi connectivity index (χ0n) is 29.2. The van der Waals surface area contributed by atoms with Gasteiger partial charge in [-0.3, -0.25) is 33.3 Å². The van der Waals surface area contributed by atoms with Crippen LogP contribution in [0.5, 0.6) is 0 Å². The van der Waals surface area contributed by atoms with Gasteiger partial charge < -0.3 is 42.9 Å². The molecule has 18 nitrogen and oxygen atoms in total. The van der Waals surface area contributed by atoms with Crippen LogP contribution in [0, 0.1) is 10.8 Å². The molecule has 0 fully saturated rings. The number of benzene rings is 1. The molecule has 1 rings (SSSR count). The van der Waals surface area contributed by atoms with E-state index in [1.807, 2.05) is 0 Å². The first-order chi connectivity index (χ1) is 23.4. The number of nitrogens with one attached hydrogen (secondary N) is 4. The molecule has 5 amide bonds. The number of aliphatic carboxylic acids is 2. The lowest BCUT2D eigenvalue weighted by Gasteiger charge is -2.34. The largest absolute Gasteiger partial charge is 0.481 e. The minimum atomic E-state index is -4.85. The van der Waals surface area contributed by atoms with Crippen molar-refractivity contribution in [3.05, 3.63) is 29.8 Å². The molecule has 0 aliphatic rings. The van der Waals surface area contributed by atoms with Gasteiger partial charge in [0.1, 0.15) is 23.9 Å². The molecule has 0 aliphatic heterocycles. The molecule has 0 radical (unpaired) electrons. The highest BCUT2D eigenvalue weighted by Gasteiger charge is 2.35. The summed E-state index contributed by atoms with van der Waals surface area (Å²) in [5, 5.41) is 28.2. The van der Waals surface area contributed by atoms with Gasteiger partial charge in [-0.2, -0.15) is 8.42 Å². The molecule has 1 aromatic rings. The van der Waals surface area contributed by atoms with Gasteiger partial charge in [0.15, 0.2) is 0 Å². The highest BCUT2D eigenvalue weighted by Crippen LogP contribution is 2.38. The Bertz CT molecular complexity index is 1530. The lowest BCUT2D eigenvalue weighted by atomic mass is 9.72. The summed E-state index contributed by atoms with van der Waals surface area (Å²) in [5.74, 6) is -7.94. The minimum Gasteiger partial charge on any atom is -0.481 e. The lowest BCUT2D eigenvalue weighted by Crippen LogP contribution is -2.54. The number of anilines is 1. The normalized spacial score (nSPS) is 13.6. The molecule has 19 heteroatoms. The van der Waals surface area contributed by atoms with Crippen molar-refractivity contribution in [1.82, 2.24) is 21.3 Å². The summed E-state index contributed by atoms with van der Waals surface area (Å²) in [7, 11) is -4.85. The summed E-state index contributed by atoms with van der Waals surface area (Å²) < 4.78 is 32.7. The number of primary amides is 1. The number of amides is 5. The third-order valence-electron chi connectivity index (χ3n) is 7.59. The molecule has 3 atom stereocenters. The van der Waals surface area contributed by atoms with Crippen LogP contribution in [0.25, 0.3) is 0 Å². The van der Waals surface area contributed by atoms with E-state index in [-0.39, 0.29) is 38.1 Å². The van der Waals surface area contributed by atoms with Crippen molar-refractivity contribution in [2.45, 2.75) is 97.2 Å².